The number of nitrogens with one attached hydrogen (secondary N) is 1. The number of rotatable bonds is 5. The minimum atomic E-state index is -0.488. The number of nitrogens with zero attached hydrogens (tertiary/aromatic N) is 2. The van der Waals surface area contributed by atoms with Crippen LogP contribution in [0.5, 0.6) is 0 Å². The van der Waals surface area contributed by atoms with Gasteiger partial charge in [0, 0.05) is 24.5 Å². The molecule has 1 heterocycles. The van der Waals surface area contributed by atoms with Crippen molar-refractivity contribution in [3.8, 4) is 0 Å². The van der Waals surface area contributed by atoms with Crippen LogP contribution in [0.3, 0.4) is 0 Å². The summed E-state index contributed by atoms with van der Waals surface area (Å²) in [6.07, 6.45) is 8.85. The van der Waals surface area contributed by atoms with Crippen molar-refractivity contribution in [3.63, 3.8) is 0 Å². The normalized spacial score (nSPS) is 29.6. The summed E-state index contributed by atoms with van der Waals surface area (Å²) < 4.78 is 7.52. The zero-order valence-corrected chi connectivity index (χ0v) is 12.3. The molecule has 0 saturated heterocycles. The Morgan fingerprint density at radius 3 is 2.95 bits per heavy atom. The predicted molar refractivity (Wildman–Crippen MR) is 75.4 cm³/mol. The fourth-order valence-electron chi connectivity index (χ4n) is 3.29. The lowest BCUT2D eigenvalue weighted by molar-refractivity contribution is -0.151. The summed E-state index contributed by atoms with van der Waals surface area (Å²) in [6, 6.07) is 0.843. The summed E-state index contributed by atoms with van der Waals surface area (Å²) in [4.78, 5) is 16.7. The number of aryl methyl sites for hydroxylation is 1. The van der Waals surface area contributed by atoms with Crippen LogP contribution in [0.2, 0.25) is 0 Å². The molecule has 2 saturated carbocycles. The van der Waals surface area contributed by atoms with E-state index in [-0.39, 0.29) is 5.97 Å². The second-order valence-electron chi connectivity index (χ2n) is 6.00. The molecule has 2 aliphatic rings. The molecule has 0 radical (unpaired) electrons. The molecule has 110 valence electrons. The lowest BCUT2D eigenvalue weighted by Gasteiger charge is -2.28. The molecule has 0 spiro atoms. The third-order valence-electron chi connectivity index (χ3n) is 4.47. The van der Waals surface area contributed by atoms with E-state index < -0.39 is 5.54 Å². The van der Waals surface area contributed by atoms with E-state index in [9.17, 15) is 4.79 Å². The van der Waals surface area contributed by atoms with Gasteiger partial charge < -0.3 is 9.30 Å². The standard InChI is InChI=1S/C15H23N3O2/c1-3-20-14(19)15(17-12-4-5-12)7-6-13(10-15)18-9-8-16-11(18)2/h8-9,12-13,17H,3-7,10H2,1-2H3. The average Bonchev–Trinajstić information content (AvgIpc) is 2.95. The predicted octanol–water partition coefficient (Wildman–Crippen LogP) is 1.97. The van der Waals surface area contributed by atoms with Gasteiger partial charge in [0.25, 0.3) is 0 Å². The van der Waals surface area contributed by atoms with Crippen LogP contribution in [0.1, 0.15) is 50.9 Å². The maximum Gasteiger partial charge on any atom is 0.326 e. The SMILES string of the molecule is CCOC(=O)C1(NC2CC2)CCC(n2ccnc2C)C1. The Morgan fingerprint density at radius 2 is 2.35 bits per heavy atom. The fraction of sp³-hybridized carbons (Fsp3) is 0.733. The Balaban J connectivity index is 1.78. The van der Waals surface area contributed by atoms with Gasteiger partial charge in [0.2, 0.25) is 0 Å². The van der Waals surface area contributed by atoms with Gasteiger partial charge in [-0.05, 0) is 46.0 Å². The first kappa shape index (κ1) is 13.6. The highest BCUT2D eigenvalue weighted by molar-refractivity contribution is 5.81. The van der Waals surface area contributed by atoms with E-state index >= 15 is 0 Å². The molecule has 0 amide bonds. The molecule has 2 fully saturated rings. The minimum Gasteiger partial charge on any atom is -0.465 e. The summed E-state index contributed by atoms with van der Waals surface area (Å²) in [5.41, 5.74) is -0.488. The van der Waals surface area contributed by atoms with Gasteiger partial charge in [-0.15, -0.1) is 0 Å². The van der Waals surface area contributed by atoms with Crippen molar-refractivity contribution in [1.29, 1.82) is 0 Å². The van der Waals surface area contributed by atoms with Gasteiger partial charge >= 0.3 is 5.97 Å². The number of esters is 1. The van der Waals surface area contributed by atoms with Gasteiger partial charge in [-0.1, -0.05) is 0 Å². The molecular weight excluding hydrogens is 254 g/mol. The Morgan fingerprint density at radius 1 is 1.55 bits per heavy atom. The summed E-state index contributed by atoms with van der Waals surface area (Å²) in [7, 11) is 0. The van der Waals surface area contributed by atoms with Crippen molar-refractivity contribution in [2.75, 3.05) is 6.61 Å². The first-order chi connectivity index (χ1) is 9.64. The molecule has 5 heteroatoms. The Bertz CT molecular complexity index is 495. The first-order valence-electron chi connectivity index (χ1n) is 7.59. The fourth-order valence-corrected chi connectivity index (χ4v) is 3.29. The maximum atomic E-state index is 12.4. The molecule has 0 aliphatic heterocycles. The molecule has 0 aromatic carbocycles. The third kappa shape index (κ3) is 2.46. The lowest BCUT2D eigenvalue weighted by atomic mass is 9.97. The monoisotopic (exact) mass is 277 g/mol. The van der Waals surface area contributed by atoms with Crippen LogP contribution in [0.15, 0.2) is 12.4 Å². The molecule has 2 atom stereocenters. The van der Waals surface area contributed by atoms with E-state index in [1.54, 1.807) is 0 Å². The molecule has 3 rings (SSSR count). The van der Waals surface area contributed by atoms with Crippen LogP contribution in [0.4, 0.5) is 0 Å². The van der Waals surface area contributed by atoms with Gasteiger partial charge in [0.05, 0.1) is 6.61 Å². The molecule has 5 nitrogen and oxygen atoms in total. The Labute approximate surface area is 119 Å². The van der Waals surface area contributed by atoms with Crippen LogP contribution in [0.25, 0.3) is 0 Å². The topological polar surface area (TPSA) is 56.1 Å². The molecule has 2 aliphatic carbocycles. The van der Waals surface area contributed by atoms with Crippen molar-refractivity contribution in [1.82, 2.24) is 14.9 Å². The average molecular weight is 277 g/mol. The Hall–Kier alpha value is -1.36. The number of hydrogen-bond donors (Lipinski definition) is 1. The summed E-state index contributed by atoms with van der Waals surface area (Å²) in [5, 5.41) is 3.55. The lowest BCUT2D eigenvalue weighted by Crippen LogP contribution is -2.52. The van der Waals surface area contributed by atoms with Gasteiger partial charge in [0.15, 0.2) is 0 Å². The summed E-state index contributed by atoms with van der Waals surface area (Å²) in [5.74, 6) is 0.938. The van der Waals surface area contributed by atoms with Crippen LogP contribution in [-0.2, 0) is 9.53 Å². The minimum absolute atomic E-state index is 0.0767. The van der Waals surface area contributed by atoms with E-state index in [1.165, 1.54) is 12.8 Å². The van der Waals surface area contributed by atoms with Crippen LogP contribution >= 0.6 is 0 Å². The number of hydrogen-bond acceptors (Lipinski definition) is 4. The molecular formula is C15H23N3O2. The van der Waals surface area contributed by atoms with Crippen molar-refractivity contribution in [2.45, 2.75) is 63.6 Å². The smallest absolute Gasteiger partial charge is 0.326 e. The molecule has 0 bridgehead atoms. The number of imidazole rings is 1. The second kappa shape index (κ2) is 5.20. The van der Waals surface area contributed by atoms with E-state index in [0.717, 1.165) is 25.1 Å². The number of ether oxygens (including phenoxy) is 1. The van der Waals surface area contributed by atoms with Crippen molar-refractivity contribution in [3.05, 3.63) is 18.2 Å². The highest BCUT2D eigenvalue weighted by atomic mass is 16.5. The van der Waals surface area contributed by atoms with E-state index in [4.69, 9.17) is 4.74 Å². The summed E-state index contributed by atoms with van der Waals surface area (Å²) in [6.45, 7) is 4.33. The van der Waals surface area contributed by atoms with Crippen LogP contribution < -0.4 is 5.32 Å². The van der Waals surface area contributed by atoms with Gasteiger partial charge in [-0.3, -0.25) is 10.1 Å². The molecule has 1 N–H and O–H groups in total. The number of carbonyl (C=O) groups is 1. The van der Waals surface area contributed by atoms with E-state index in [2.05, 4.69) is 14.9 Å². The van der Waals surface area contributed by atoms with Crippen molar-refractivity contribution in [2.24, 2.45) is 0 Å². The summed E-state index contributed by atoms with van der Waals surface area (Å²) >= 11 is 0. The first-order valence-corrected chi connectivity index (χ1v) is 7.59. The zero-order valence-electron chi connectivity index (χ0n) is 12.3. The van der Waals surface area contributed by atoms with Crippen molar-refractivity contribution >= 4 is 5.97 Å². The number of aromatic nitrogens is 2. The van der Waals surface area contributed by atoms with Gasteiger partial charge in [0.1, 0.15) is 11.4 Å². The molecule has 2 unspecified atom stereocenters. The quantitative estimate of drug-likeness (QED) is 0.836. The number of carbonyl (C=O) groups excluding carboxylic acids is 1. The van der Waals surface area contributed by atoms with E-state index in [1.807, 2.05) is 26.2 Å². The highest BCUT2D eigenvalue weighted by Crippen LogP contribution is 2.41. The largest absolute Gasteiger partial charge is 0.465 e. The van der Waals surface area contributed by atoms with Crippen LogP contribution in [0, 0.1) is 6.92 Å². The van der Waals surface area contributed by atoms with Crippen LogP contribution in [-0.4, -0.2) is 33.7 Å². The highest BCUT2D eigenvalue weighted by Gasteiger charge is 2.49. The molecule has 20 heavy (non-hydrogen) atoms. The zero-order chi connectivity index (χ0) is 14.2. The van der Waals surface area contributed by atoms with Gasteiger partial charge in [-0.25, -0.2) is 4.98 Å². The third-order valence-corrected chi connectivity index (χ3v) is 4.47. The molecule has 1 aromatic heterocycles. The van der Waals surface area contributed by atoms with E-state index in [0.29, 0.717) is 18.7 Å². The molecule has 1 aromatic rings. The maximum absolute atomic E-state index is 12.4. The Kier molecular flexibility index (Phi) is 3.54. The van der Waals surface area contributed by atoms with Crippen molar-refractivity contribution < 1.29 is 9.53 Å². The second-order valence-corrected chi connectivity index (χ2v) is 6.00. The van der Waals surface area contributed by atoms with Gasteiger partial charge in [-0.2, -0.15) is 0 Å².